The van der Waals surface area contributed by atoms with E-state index in [0.29, 0.717) is 5.56 Å². The molecule has 3 N–H and O–H groups in total. The van der Waals surface area contributed by atoms with Crippen LogP contribution in [-0.2, 0) is 11.3 Å². The second-order valence-electron chi connectivity index (χ2n) is 4.07. The Morgan fingerprint density at radius 2 is 2.06 bits per heavy atom. The minimum Gasteiger partial charge on any atom is -0.383 e. The molecule has 8 heteroatoms. The summed E-state index contributed by atoms with van der Waals surface area (Å²) in [6.45, 7) is 1.69. The van der Waals surface area contributed by atoms with Crippen LogP contribution in [0.4, 0.5) is 19.0 Å². The number of alkyl halides is 3. The first kappa shape index (κ1) is 14.5. The number of halogens is 3. The van der Waals surface area contributed by atoms with Gasteiger partial charge in [0, 0.05) is 0 Å². The van der Waals surface area contributed by atoms with Gasteiger partial charge in [-0.25, -0.2) is 4.98 Å². The van der Waals surface area contributed by atoms with Crippen LogP contribution >= 0.6 is 0 Å². The SMILES string of the molecule is CC(C)c1c(N)nc(COCC(F)(F)F)[nH]c1=O. The number of nitrogens with one attached hydrogen (secondary N) is 1. The molecule has 0 aliphatic rings. The number of hydrogen-bond donors (Lipinski definition) is 2. The third-order valence-corrected chi connectivity index (χ3v) is 2.12. The summed E-state index contributed by atoms with van der Waals surface area (Å²) in [4.78, 5) is 17.8. The maximum absolute atomic E-state index is 11.8. The second-order valence-corrected chi connectivity index (χ2v) is 4.07. The van der Waals surface area contributed by atoms with Crippen LogP contribution in [0.25, 0.3) is 0 Å². The summed E-state index contributed by atoms with van der Waals surface area (Å²) in [6.07, 6.45) is -4.41. The van der Waals surface area contributed by atoms with Crippen LogP contribution < -0.4 is 11.3 Å². The fourth-order valence-electron chi connectivity index (χ4n) is 1.44. The Morgan fingerprint density at radius 3 is 2.50 bits per heavy atom. The molecule has 0 saturated heterocycles. The third kappa shape index (κ3) is 4.02. The zero-order valence-electron chi connectivity index (χ0n) is 9.97. The molecule has 5 nitrogen and oxygen atoms in total. The molecule has 0 aliphatic carbocycles. The first-order chi connectivity index (χ1) is 8.20. The largest absolute Gasteiger partial charge is 0.411 e. The Kier molecular flexibility index (Phi) is 4.33. The van der Waals surface area contributed by atoms with Crippen LogP contribution in [0.3, 0.4) is 0 Å². The van der Waals surface area contributed by atoms with Crippen LogP contribution in [0, 0.1) is 0 Å². The van der Waals surface area contributed by atoms with Gasteiger partial charge < -0.3 is 15.5 Å². The van der Waals surface area contributed by atoms with Crippen molar-refractivity contribution < 1.29 is 17.9 Å². The zero-order chi connectivity index (χ0) is 13.9. The van der Waals surface area contributed by atoms with Gasteiger partial charge in [-0.15, -0.1) is 0 Å². The molecule has 0 aliphatic heterocycles. The van der Waals surface area contributed by atoms with Crippen molar-refractivity contribution in [1.29, 1.82) is 0 Å². The molecule has 0 fully saturated rings. The Balaban J connectivity index is 2.78. The highest BCUT2D eigenvalue weighted by Crippen LogP contribution is 2.16. The van der Waals surface area contributed by atoms with E-state index in [-0.39, 0.29) is 17.6 Å². The summed E-state index contributed by atoms with van der Waals surface area (Å²) in [5.74, 6) is -0.128. The lowest BCUT2D eigenvalue weighted by Gasteiger charge is -2.10. The topological polar surface area (TPSA) is 81.0 Å². The van der Waals surface area contributed by atoms with Gasteiger partial charge in [0.25, 0.3) is 5.56 Å². The first-order valence-corrected chi connectivity index (χ1v) is 5.23. The molecule has 1 heterocycles. The molecule has 102 valence electrons. The predicted octanol–water partition coefficient (Wildman–Crippen LogP) is 1.55. The quantitative estimate of drug-likeness (QED) is 0.865. The van der Waals surface area contributed by atoms with Gasteiger partial charge in [0.15, 0.2) is 0 Å². The van der Waals surface area contributed by atoms with Crippen molar-refractivity contribution in [1.82, 2.24) is 9.97 Å². The van der Waals surface area contributed by atoms with Gasteiger partial charge in [0.1, 0.15) is 24.9 Å². The Labute approximate surface area is 101 Å². The van der Waals surface area contributed by atoms with Crippen LogP contribution in [0.15, 0.2) is 4.79 Å². The summed E-state index contributed by atoms with van der Waals surface area (Å²) in [5.41, 5.74) is 5.43. The van der Waals surface area contributed by atoms with E-state index >= 15 is 0 Å². The number of aromatic nitrogens is 2. The molecular weight excluding hydrogens is 251 g/mol. The van der Waals surface area contributed by atoms with Gasteiger partial charge in [-0.1, -0.05) is 13.8 Å². The molecular formula is C10H14F3N3O2. The molecule has 0 saturated carbocycles. The van der Waals surface area contributed by atoms with Crippen LogP contribution in [0.2, 0.25) is 0 Å². The van der Waals surface area contributed by atoms with Crippen molar-refractivity contribution >= 4 is 5.82 Å². The number of nitrogen functional groups attached to an aromatic ring is 1. The summed E-state index contributed by atoms with van der Waals surface area (Å²) in [7, 11) is 0. The predicted molar refractivity (Wildman–Crippen MR) is 59.1 cm³/mol. The van der Waals surface area contributed by atoms with Gasteiger partial charge in [-0.2, -0.15) is 13.2 Å². The van der Waals surface area contributed by atoms with E-state index in [1.54, 1.807) is 13.8 Å². The second kappa shape index (κ2) is 5.38. The molecule has 0 bridgehead atoms. The van der Waals surface area contributed by atoms with E-state index in [1.165, 1.54) is 0 Å². The standard InChI is InChI=1S/C10H14F3N3O2/c1-5(2)7-8(14)15-6(16-9(7)17)3-18-4-10(11,12)13/h5H,3-4H2,1-2H3,(H3,14,15,16,17). The van der Waals surface area contributed by atoms with Crippen molar-refractivity contribution in [3.63, 3.8) is 0 Å². The lowest BCUT2D eigenvalue weighted by Crippen LogP contribution is -2.22. The molecule has 0 unspecified atom stereocenters. The van der Waals surface area contributed by atoms with Crippen molar-refractivity contribution in [2.75, 3.05) is 12.3 Å². The lowest BCUT2D eigenvalue weighted by atomic mass is 10.1. The summed E-state index contributed by atoms with van der Waals surface area (Å²) < 4.78 is 39.9. The number of hydrogen-bond acceptors (Lipinski definition) is 4. The van der Waals surface area contributed by atoms with Gasteiger partial charge in [-0.05, 0) is 5.92 Å². The average molecular weight is 265 g/mol. The van der Waals surface area contributed by atoms with Gasteiger partial charge >= 0.3 is 6.18 Å². The lowest BCUT2D eigenvalue weighted by molar-refractivity contribution is -0.177. The van der Waals surface area contributed by atoms with Gasteiger partial charge in [0.05, 0.1) is 5.56 Å². The number of H-pyrrole nitrogens is 1. The van der Waals surface area contributed by atoms with E-state index in [2.05, 4.69) is 14.7 Å². The number of ether oxygens (including phenoxy) is 1. The molecule has 0 aromatic carbocycles. The summed E-state index contributed by atoms with van der Waals surface area (Å²) >= 11 is 0. The van der Waals surface area contributed by atoms with E-state index in [0.717, 1.165) is 0 Å². The fraction of sp³-hybridized carbons (Fsp3) is 0.600. The molecule has 0 amide bonds. The highest BCUT2D eigenvalue weighted by atomic mass is 19.4. The summed E-state index contributed by atoms with van der Waals surface area (Å²) in [5, 5.41) is 0. The molecule has 1 aromatic rings. The molecule has 18 heavy (non-hydrogen) atoms. The van der Waals surface area contributed by atoms with Crippen molar-refractivity contribution in [2.24, 2.45) is 0 Å². The third-order valence-electron chi connectivity index (χ3n) is 2.12. The van der Waals surface area contributed by atoms with Gasteiger partial charge in [0.2, 0.25) is 0 Å². The number of anilines is 1. The van der Waals surface area contributed by atoms with Crippen molar-refractivity contribution in [3.05, 3.63) is 21.7 Å². The highest BCUT2D eigenvalue weighted by Gasteiger charge is 2.27. The number of aromatic amines is 1. The molecule has 0 radical (unpaired) electrons. The maximum Gasteiger partial charge on any atom is 0.411 e. The molecule has 1 aromatic heterocycles. The average Bonchev–Trinajstić information content (AvgIpc) is 2.13. The Morgan fingerprint density at radius 1 is 1.44 bits per heavy atom. The van der Waals surface area contributed by atoms with Crippen molar-refractivity contribution in [3.8, 4) is 0 Å². The van der Waals surface area contributed by atoms with Crippen LogP contribution in [0.1, 0.15) is 31.2 Å². The fourth-order valence-corrected chi connectivity index (χ4v) is 1.44. The normalized spacial score (nSPS) is 12.1. The molecule has 0 atom stereocenters. The highest BCUT2D eigenvalue weighted by molar-refractivity contribution is 5.39. The Hall–Kier alpha value is -1.57. The number of nitrogens with zero attached hydrogens (tertiary/aromatic N) is 1. The van der Waals surface area contributed by atoms with E-state index in [1.807, 2.05) is 0 Å². The van der Waals surface area contributed by atoms with E-state index in [4.69, 9.17) is 5.73 Å². The van der Waals surface area contributed by atoms with E-state index in [9.17, 15) is 18.0 Å². The number of nitrogens with two attached hydrogens (primary N) is 1. The van der Waals surface area contributed by atoms with Crippen LogP contribution in [0.5, 0.6) is 0 Å². The number of rotatable bonds is 4. The minimum atomic E-state index is -4.41. The Bertz CT molecular complexity index is 468. The van der Waals surface area contributed by atoms with Crippen molar-refractivity contribution in [2.45, 2.75) is 32.5 Å². The maximum atomic E-state index is 11.8. The minimum absolute atomic E-state index is 0.0133. The zero-order valence-corrected chi connectivity index (χ0v) is 9.97. The van der Waals surface area contributed by atoms with E-state index < -0.39 is 24.9 Å². The molecule has 0 spiro atoms. The summed E-state index contributed by atoms with van der Waals surface area (Å²) in [6, 6.07) is 0. The monoisotopic (exact) mass is 265 g/mol. The van der Waals surface area contributed by atoms with Gasteiger partial charge in [-0.3, -0.25) is 4.79 Å². The first-order valence-electron chi connectivity index (χ1n) is 5.23. The van der Waals surface area contributed by atoms with Crippen LogP contribution in [-0.4, -0.2) is 22.8 Å². The molecule has 1 rings (SSSR count). The smallest absolute Gasteiger partial charge is 0.383 e.